The van der Waals surface area contributed by atoms with Crippen LogP contribution in [-0.4, -0.2) is 24.8 Å². The first kappa shape index (κ1) is 13.0. The van der Waals surface area contributed by atoms with E-state index in [-0.39, 0.29) is 0 Å². The van der Waals surface area contributed by atoms with Gasteiger partial charge in [-0.15, -0.1) is 5.10 Å². The maximum Gasteiger partial charge on any atom is 0.189 e. The molecule has 0 aliphatic rings. The Morgan fingerprint density at radius 2 is 1.77 bits per heavy atom. The lowest BCUT2D eigenvalue weighted by molar-refractivity contribution is 0.791. The van der Waals surface area contributed by atoms with Crippen molar-refractivity contribution in [1.29, 1.82) is 0 Å². The molecule has 0 aliphatic carbocycles. The smallest absolute Gasteiger partial charge is 0.189 e. The molecule has 4 rings (SSSR count). The molecule has 0 N–H and O–H groups in total. The molecule has 0 unspecified atom stereocenters. The zero-order valence-electron chi connectivity index (χ0n) is 11.8. The average Bonchev–Trinajstić information content (AvgIpc) is 3.13. The van der Waals surface area contributed by atoms with Gasteiger partial charge in [0.1, 0.15) is 0 Å². The molecule has 0 radical (unpaired) electrons. The first-order chi connectivity index (χ1) is 10.7. The minimum absolute atomic E-state index is 0.684. The summed E-state index contributed by atoms with van der Waals surface area (Å²) in [6.45, 7) is 0. The minimum Gasteiger partial charge on any atom is -0.350 e. The molecule has 2 heterocycles. The van der Waals surface area contributed by atoms with Gasteiger partial charge in [-0.1, -0.05) is 29.8 Å². The van der Waals surface area contributed by atoms with Gasteiger partial charge in [0.15, 0.2) is 5.82 Å². The van der Waals surface area contributed by atoms with Crippen molar-refractivity contribution >= 4 is 22.5 Å². The molecule has 0 saturated heterocycles. The number of para-hydroxylation sites is 1. The third-order valence-corrected chi connectivity index (χ3v) is 3.93. The van der Waals surface area contributed by atoms with Crippen molar-refractivity contribution < 1.29 is 0 Å². The fourth-order valence-electron chi connectivity index (χ4n) is 2.63. The maximum absolute atomic E-state index is 5.95. The first-order valence-electron chi connectivity index (χ1n) is 6.83. The van der Waals surface area contributed by atoms with E-state index in [1.807, 2.05) is 49.6 Å². The highest BCUT2D eigenvalue weighted by Gasteiger charge is 2.16. The van der Waals surface area contributed by atoms with Crippen LogP contribution in [-0.2, 0) is 7.05 Å². The Morgan fingerprint density at radius 3 is 2.59 bits per heavy atom. The summed E-state index contributed by atoms with van der Waals surface area (Å²) in [5.41, 5.74) is 3.01. The van der Waals surface area contributed by atoms with Gasteiger partial charge < -0.3 is 4.57 Å². The van der Waals surface area contributed by atoms with E-state index in [0.29, 0.717) is 10.8 Å². The average molecular weight is 310 g/mol. The topological polar surface area (TPSA) is 48.5 Å². The Hall–Kier alpha value is -2.66. The third-order valence-electron chi connectivity index (χ3n) is 3.68. The highest BCUT2D eigenvalue weighted by atomic mass is 35.5. The molecule has 0 aliphatic heterocycles. The van der Waals surface area contributed by atoms with E-state index in [4.69, 9.17) is 11.6 Å². The van der Waals surface area contributed by atoms with Crippen LogP contribution in [0.2, 0.25) is 5.02 Å². The largest absolute Gasteiger partial charge is 0.350 e. The van der Waals surface area contributed by atoms with Gasteiger partial charge in [-0.2, -0.15) is 4.68 Å². The van der Waals surface area contributed by atoms with Gasteiger partial charge in [0, 0.05) is 34.7 Å². The van der Waals surface area contributed by atoms with Crippen molar-refractivity contribution in [3.63, 3.8) is 0 Å². The number of aryl methyl sites for hydroxylation is 1. The summed E-state index contributed by atoms with van der Waals surface area (Å²) >= 11 is 5.95. The third kappa shape index (κ3) is 1.98. The monoisotopic (exact) mass is 309 g/mol. The number of hydrogen-bond acceptors (Lipinski definition) is 3. The Labute approximate surface area is 131 Å². The molecule has 5 nitrogen and oxygen atoms in total. The van der Waals surface area contributed by atoms with Gasteiger partial charge in [0.25, 0.3) is 0 Å². The van der Waals surface area contributed by atoms with E-state index in [9.17, 15) is 0 Å². The van der Waals surface area contributed by atoms with Crippen LogP contribution < -0.4 is 0 Å². The van der Waals surface area contributed by atoms with Crippen molar-refractivity contribution in [2.75, 3.05) is 0 Å². The van der Waals surface area contributed by atoms with Gasteiger partial charge in [-0.3, -0.25) is 0 Å². The zero-order chi connectivity index (χ0) is 15.1. The van der Waals surface area contributed by atoms with Crippen molar-refractivity contribution in [3.8, 4) is 17.1 Å². The fourth-order valence-corrected chi connectivity index (χ4v) is 2.76. The zero-order valence-corrected chi connectivity index (χ0v) is 12.6. The lowest BCUT2D eigenvalue weighted by Crippen LogP contribution is -1.99. The summed E-state index contributed by atoms with van der Waals surface area (Å²) in [6.07, 6.45) is 2.04. The van der Waals surface area contributed by atoms with E-state index in [0.717, 1.165) is 22.2 Å². The number of nitrogens with zero attached hydrogens (tertiary/aromatic N) is 5. The Morgan fingerprint density at radius 1 is 1.00 bits per heavy atom. The second-order valence-corrected chi connectivity index (χ2v) is 5.50. The summed E-state index contributed by atoms with van der Waals surface area (Å²) in [6, 6.07) is 15.6. The Kier molecular flexibility index (Phi) is 2.94. The van der Waals surface area contributed by atoms with Crippen LogP contribution in [0.5, 0.6) is 0 Å². The lowest BCUT2D eigenvalue weighted by Gasteiger charge is -2.03. The molecule has 22 heavy (non-hydrogen) atoms. The van der Waals surface area contributed by atoms with Crippen LogP contribution in [0.1, 0.15) is 0 Å². The lowest BCUT2D eigenvalue weighted by atomic mass is 10.1. The molecule has 108 valence electrons. The van der Waals surface area contributed by atoms with E-state index >= 15 is 0 Å². The van der Waals surface area contributed by atoms with Gasteiger partial charge in [-0.25, -0.2) is 0 Å². The molecule has 4 aromatic rings. The number of benzene rings is 2. The van der Waals surface area contributed by atoms with Crippen LogP contribution in [0.15, 0.2) is 54.7 Å². The highest BCUT2D eigenvalue weighted by Crippen LogP contribution is 2.29. The Bertz CT molecular complexity index is 952. The molecule has 0 spiro atoms. The quantitative estimate of drug-likeness (QED) is 0.569. The summed E-state index contributed by atoms with van der Waals surface area (Å²) in [7, 11) is 2.02. The van der Waals surface area contributed by atoms with Gasteiger partial charge >= 0.3 is 0 Å². The molecule has 6 heteroatoms. The number of aromatic nitrogens is 5. The molecule has 0 fully saturated rings. The number of halogens is 1. The van der Waals surface area contributed by atoms with Gasteiger partial charge in [0.05, 0.1) is 5.69 Å². The van der Waals surface area contributed by atoms with Gasteiger partial charge in [0.2, 0.25) is 0 Å². The summed E-state index contributed by atoms with van der Waals surface area (Å²) < 4.78 is 3.80. The fraction of sp³-hybridized carbons (Fsp3) is 0.0625. The molecular weight excluding hydrogens is 298 g/mol. The molecule has 0 atom stereocenters. The number of tetrazole rings is 1. The van der Waals surface area contributed by atoms with Crippen LogP contribution in [0.3, 0.4) is 0 Å². The van der Waals surface area contributed by atoms with E-state index in [2.05, 4.69) is 32.2 Å². The number of rotatable bonds is 2. The SMILES string of the molecule is Cn1cc(-c2nnnn2-c2ccc(Cl)cc2)c2ccccc21. The predicted molar refractivity (Wildman–Crippen MR) is 86.1 cm³/mol. The second-order valence-electron chi connectivity index (χ2n) is 5.06. The summed E-state index contributed by atoms with van der Waals surface area (Å²) in [4.78, 5) is 0. The molecule has 2 aromatic heterocycles. The van der Waals surface area contributed by atoms with Crippen molar-refractivity contribution in [1.82, 2.24) is 24.8 Å². The van der Waals surface area contributed by atoms with Crippen LogP contribution >= 0.6 is 11.6 Å². The number of fused-ring (bicyclic) bond motifs is 1. The molecule has 2 aromatic carbocycles. The van der Waals surface area contributed by atoms with Crippen LogP contribution in [0, 0.1) is 0 Å². The van der Waals surface area contributed by atoms with Crippen molar-refractivity contribution in [3.05, 3.63) is 59.8 Å². The van der Waals surface area contributed by atoms with E-state index < -0.39 is 0 Å². The molecule has 0 saturated carbocycles. The standard InChI is InChI=1S/C16H12ClN5/c1-21-10-14(13-4-2-3-5-15(13)21)16-18-19-20-22(16)12-8-6-11(17)7-9-12/h2-10H,1H3. The summed E-state index contributed by atoms with van der Waals surface area (Å²) in [5.74, 6) is 0.708. The number of hydrogen-bond donors (Lipinski definition) is 0. The maximum atomic E-state index is 5.95. The van der Waals surface area contributed by atoms with E-state index in [1.165, 1.54) is 0 Å². The second kappa shape index (κ2) is 4.96. The first-order valence-corrected chi connectivity index (χ1v) is 7.20. The van der Waals surface area contributed by atoms with Crippen molar-refractivity contribution in [2.45, 2.75) is 0 Å². The molecular formula is C16H12ClN5. The van der Waals surface area contributed by atoms with Crippen molar-refractivity contribution in [2.24, 2.45) is 7.05 Å². The Balaban J connectivity index is 1.94. The minimum atomic E-state index is 0.684. The molecule has 0 bridgehead atoms. The van der Waals surface area contributed by atoms with E-state index in [1.54, 1.807) is 4.68 Å². The molecule has 0 amide bonds. The normalized spacial score (nSPS) is 11.2. The predicted octanol–water partition coefficient (Wildman–Crippen LogP) is 3.47. The van der Waals surface area contributed by atoms with Crippen LogP contribution in [0.25, 0.3) is 28.0 Å². The summed E-state index contributed by atoms with van der Waals surface area (Å²) in [5, 5.41) is 14.0. The van der Waals surface area contributed by atoms with Crippen LogP contribution in [0.4, 0.5) is 0 Å². The van der Waals surface area contributed by atoms with Gasteiger partial charge in [-0.05, 0) is 40.8 Å². The highest BCUT2D eigenvalue weighted by molar-refractivity contribution is 6.30.